The summed E-state index contributed by atoms with van der Waals surface area (Å²) in [5.41, 5.74) is 7.11. The normalized spacial score (nSPS) is 14.8. The van der Waals surface area contributed by atoms with Crippen LogP contribution in [0, 0.1) is 27.7 Å². The molecule has 126 valence electrons. The summed E-state index contributed by atoms with van der Waals surface area (Å²) in [6, 6.07) is 12.6. The first-order valence-corrected chi connectivity index (χ1v) is 8.64. The van der Waals surface area contributed by atoms with E-state index in [0.717, 1.165) is 31.7 Å². The van der Waals surface area contributed by atoms with E-state index in [2.05, 4.69) is 50.8 Å². The highest BCUT2D eigenvalue weighted by atomic mass is 16.2. The molecule has 0 spiro atoms. The van der Waals surface area contributed by atoms with Gasteiger partial charge >= 0.3 is 0 Å². The molecule has 3 nitrogen and oxygen atoms in total. The molecule has 0 aromatic heterocycles. The van der Waals surface area contributed by atoms with Crippen molar-refractivity contribution < 1.29 is 4.79 Å². The number of rotatable bonds is 2. The van der Waals surface area contributed by atoms with Gasteiger partial charge in [0, 0.05) is 37.4 Å². The molecule has 1 fully saturated rings. The van der Waals surface area contributed by atoms with Gasteiger partial charge in [0.25, 0.3) is 5.91 Å². The van der Waals surface area contributed by atoms with Crippen molar-refractivity contribution in [2.24, 2.45) is 0 Å². The Kier molecular flexibility index (Phi) is 4.61. The zero-order valence-corrected chi connectivity index (χ0v) is 15.1. The zero-order chi connectivity index (χ0) is 17.3. The van der Waals surface area contributed by atoms with Gasteiger partial charge < -0.3 is 9.80 Å². The maximum Gasteiger partial charge on any atom is 0.253 e. The fourth-order valence-corrected chi connectivity index (χ4v) is 3.15. The van der Waals surface area contributed by atoms with Crippen molar-refractivity contribution in [3.8, 4) is 0 Å². The van der Waals surface area contributed by atoms with E-state index in [9.17, 15) is 4.79 Å². The summed E-state index contributed by atoms with van der Waals surface area (Å²) in [7, 11) is 0. The van der Waals surface area contributed by atoms with Crippen molar-refractivity contribution in [3.05, 3.63) is 64.2 Å². The van der Waals surface area contributed by atoms with Crippen molar-refractivity contribution in [2.45, 2.75) is 27.7 Å². The Morgan fingerprint density at radius 2 is 1.33 bits per heavy atom. The van der Waals surface area contributed by atoms with Crippen LogP contribution in [0.4, 0.5) is 5.69 Å². The lowest BCUT2D eigenvalue weighted by Gasteiger charge is -2.36. The maximum absolute atomic E-state index is 12.7. The number of carbonyl (C=O) groups excluding carboxylic acids is 1. The van der Waals surface area contributed by atoms with E-state index < -0.39 is 0 Å². The van der Waals surface area contributed by atoms with Gasteiger partial charge in [0.15, 0.2) is 0 Å². The van der Waals surface area contributed by atoms with E-state index in [0.29, 0.717) is 0 Å². The van der Waals surface area contributed by atoms with E-state index in [1.165, 1.54) is 27.9 Å². The molecule has 0 bridgehead atoms. The van der Waals surface area contributed by atoms with Crippen LogP contribution in [-0.4, -0.2) is 37.0 Å². The Morgan fingerprint density at radius 1 is 0.750 bits per heavy atom. The highest BCUT2D eigenvalue weighted by molar-refractivity contribution is 5.94. The third-order valence-corrected chi connectivity index (χ3v) is 5.18. The molecule has 2 aromatic carbocycles. The van der Waals surface area contributed by atoms with Gasteiger partial charge in [-0.15, -0.1) is 0 Å². The molecule has 0 N–H and O–H groups in total. The molecule has 3 heteroatoms. The van der Waals surface area contributed by atoms with Crippen molar-refractivity contribution >= 4 is 11.6 Å². The number of hydrogen-bond donors (Lipinski definition) is 0. The Labute approximate surface area is 144 Å². The van der Waals surface area contributed by atoms with Crippen molar-refractivity contribution in [1.82, 2.24) is 4.90 Å². The average molecular weight is 322 g/mol. The number of amides is 1. The third-order valence-electron chi connectivity index (χ3n) is 5.18. The molecule has 0 unspecified atom stereocenters. The predicted octanol–water partition coefficient (Wildman–Crippen LogP) is 3.88. The highest BCUT2D eigenvalue weighted by Gasteiger charge is 2.22. The highest BCUT2D eigenvalue weighted by Crippen LogP contribution is 2.21. The van der Waals surface area contributed by atoms with Crippen LogP contribution in [-0.2, 0) is 0 Å². The van der Waals surface area contributed by atoms with Gasteiger partial charge in [0.05, 0.1) is 0 Å². The summed E-state index contributed by atoms with van der Waals surface area (Å²) in [5.74, 6) is 0.151. The fourth-order valence-electron chi connectivity index (χ4n) is 3.15. The molecule has 0 atom stereocenters. The van der Waals surface area contributed by atoms with Crippen molar-refractivity contribution in [3.63, 3.8) is 0 Å². The molecule has 1 amide bonds. The van der Waals surface area contributed by atoms with Gasteiger partial charge in [-0.2, -0.15) is 0 Å². The van der Waals surface area contributed by atoms with Gasteiger partial charge in [-0.1, -0.05) is 12.1 Å². The largest absolute Gasteiger partial charge is 0.368 e. The summed E-state index contributed by atoms with van der Waals surface area (Å²) in [5, 5.41) is 0. The summed E-state index contributed by atoms with van der Waals surface area (Å²) in [6.07, 6.45) is 0. The number of piperazine rings is 1. The third kappa shape index (κ3) is 3.30. The Hall–Kier alpha value is -2.29. The van der Waals surface area contributed by atoms with E-state index in [4.69, 9.17) is 0 Å². The van der Waals surface area contributed by atoms with Gasteiger partial charge in [-0.25, -0.2) is 0 Å². The molecule has 3 rings (SSSR count). The number of benzene rings is 2. The van der Waals surface area contributed by atoms with E-state index in [1.54, 1.807) is 0 Å². The first kappa shape index (κ1) is 16.6. The Morgan fingerprint density at radius 3 is 1.92 bits per heavy atom. The second-order valence-electron chi connectivity index (χ2n) is 6.85. The second kappa shape index (κ2) is 6.68. The summed E-state index contributed by atoms with van der Waals surface area (Å²) in [6.45, 7) is 11.8. The second-order valence-corrected chi connectivity index (χ2v) is 6.85. The minimum absolute atomic E-state index is 0.151. The van der Waals surface area contributed by atoms with E-state index >= 15 is 0 Å². The number of nitrogens with zero attached hydrogens (tertiary/aromatic N) is 2. The first-order valence-electron chi connectivity index (χ1n) is 8.64. The quantitative estimate of drug-likeness (QED) is 0.837. The van der Waals surface area contributed by atoms with Crippen LogP contribution < -0.4 is 4.90 Å². The Balaban J connectivity index is 1.66. The lowest BCUT2D eigenvalue weighted by molar-refractivity contribution is 0.0746. The summed E-state index contributed by atoms with van der Waals surface area (Å²) >= 11 is 0. The number of carbonyl (C=O) groups is 1. The standard InChI is InChI=1S/C21H26N2O/c1-15-5-7-19(13-17(15)3)21(24)23-11-9-22(10-12-23)20-8-6-16(2)18(4)14-20/h5-8,13-14H,9-12H2,1-4H3. The topological polar surface area (TPSA) is 23.6 Å². The molecule has 1 aliphatic rings. The molecular weight excluding hydrogens is 296 g/mol. The molecule has 24 heavy (non-hydrogen) atoms. The molecule has 0 saturated carbocycles. The molecule has 1 aliphatic heterocycles. The molecule has 1 saturated heterocycles. The van der Waals surface area contributed by atoms with Crippen LogP contribution in [0.2, 0.25) is 0 Å². The SMILES string of the molecule is Cc1ccc(C(=O)N2CCN(c3ccc(C)c(C)c3)CC2)cc1C. The van der Waals surface area contributed by atoms with Gasteiger partial charge in [0.2, 0.25) is 0 Å². The van der Waals surface area contributed by atoms with Crippen LogP contribution in [0.5, 0.6) is 0 Å². The smallest absolute Gasteiger partial charge is 0.253 e. The zero-order valence-electron chi connectivity index (χ0n) is 15.1. The first-order chi connectivity index (χ1) is 11.5. The molecule has 0 aliphatic carbocycles. The van der Waals surface area contributed by atoms with Gasteiger partial charge in [-0.3, -0.25) is 4.79 Å². The van der Waals surface area contributed by atoms with Gasteiger partial charge in [0.1, 0.15) is 0 Å². The minimum atomic E-state index is 0.151. The van der Waals surface area contributed by atoms with Crippen LogP contribution in [0.3, 0.4) is 0 Å². The van der Waals surface area contributed by atoms with Crippen molar-refractivity contribution in [1.29, 1.82) is 0 Å². The van der Waals surface area contributed by atoms with Crippen LogP contribution >= 0.6 is 0 Å². The molecule has 1 heterocycles. The van der Waals surface area contributed by atoms with Crippen molar-refractivity contribution in [2.75, 3.05) is 31.1 Å². The number of anilines is 1. The summed E-state index contributed by atoms with van der Waals surface area (Å²) in [4.78, 5) is 17.1. The number of aryl methyl sites for hydroxylation is 4. The lowest BCUT2D eigenvalue weighted by Crippen LogP contribution is -2.48. The van der Waals surface area contributed by atoms with Crippen LogP contribution in [0.15, 0.2) is 36.4 Å². The lowest BCUT2D eigenvalue weighted by atomic mass is 10.1. The average Bonchev–Trinajstić information content (AvgIpc) is 2.59. The molecular formula is C21H26N2O. The monoisotopic (exact) mass is 322 g/mol. The molecule has 2 aromatic rings. The maximum atomic E-state index is 12.7. The van der Waals surface area contributed by atoms with E-state index in [1.807, 2.05) is 23.1 Å². The van der Waals surface area contributed by atoms with Crippen LogP contribution in [0.1, 0.15) is 32.6 Å². The van der Waals surface area contributed by atoms with E-state index in [-0.39, 0.29) is 5.91 Å². The summed E-state index contributed by atoms with van der Waals surface area (Å²) < 4.78 is 0. The van der Waals surface area contributed by atoms with Crippen LogP contribution in [0.25, 0.3) is 0 Å². The fraction of sp³-hybridized carbons (Fsp3) is 0.381. The Bertz CT molecular complexity index is 758. The minimum Gasteiger partial charge on any atom is -0.368 e. The number of hydrogen-bond acceptors (Lipinski definition) is 2. The van der Waals surface area contributed by atoms with Gasteiger partial charge in [-0.05, 0) is 74.2 Å². The predicted molar refractivity (Wildman–Crippen MR) is 99.9 cm³/mol. The molecule has 0 radical (unpaired) electrons.